The molecular formula is C25H27N3O3. The fourth-order valence-electron chi connectivity index (χ4n) is 3.63. The van der Waals surface area contributed by atoms with Crippen molar-refractivity contribution in [2.75, 3.05) is 42.9 Å². The number of nitrogens with zero attached hydrogens (tertiary/aromatic N) is 2. The summed E-state index contributed by atoms with van der Waals surface area (Å²) in [5.74, 6) is 1.76. The summed E-state index contributed by atoms with van der Waals surface area (Å²) in [6, 6.07) is 22.6. The minimum absolute atomic E-state index is 0.0387. The lowest BCUT2D eigenvalue weighted by Gasteiger charge is -2.35. The second-order valence-electron chi connectivity index (χ2n) is 7.74. The number of rotatable bonds is 6. The standard InChI is InChI=1S/C25H27N3O3/c1-19-6-10-21(11-7-19)31-22-12-8-20(9-13-22)26-25(30)18-27-14-16-28(17-15-27)23-4-2-3-5-24(23)29/h2-13,29H,14-18H2,1H3,(H,26,30). The maximum atomic E-state index is 12.5. The van der Waals surface area contributed by atoms with Crippen molar-refractivity contribution in [3.8, 4) is 17.2 Å². The average molecular weight is 418 g/mol. The largest absolute Gasteiger partial charge is 0.506 e. The molecule has 3 aromatic carbocycles. The van der Waals surface area contributed by atoms with Crippen molar-refractivity contribution < 1.29 is 14.6 Å². The van der Waals surface area contributed by atoms with Crippen molar-refractivity contribution in [2.45, 2.75) is 6.92 Å². The van der Waals surface area contributed by atoms with Crippen LogP contribution in [0, 0.1) is 6.92 Å². The van der Waals surface area contributed by atoms with Gasteiger partial charge in [0.25, 0.3) is 0 Å². The van der Waals surface area contributed by atoms with Gasteiger partial charge in [-0.25, -0.2) is 0 Å². The van der Waals surface area contributed by atoms with Gasteiger partial charge in [-0.15, -0.1) is 0 Å². The fraction of sp³-hybridized carbons (Fsp3) is 0.240. The zero-order chi connectivity index (χ0) is 21.6. The lowest BCUT2D eigenvalue weighted by atomic mass is 10.2. The summed E-state index contributed by atoms with van der Waals surface area (Å²) in [5, 5.41) is 13.0. The predicted octanol–water partition coefficient (Wildman–Crippen LogP) is 4.25. The van der Waals surface area contributed by atoms with E-state index in [0.29, 0.717) is 12.3 Å². The molecule has 1 amide bonds. The molecule has 0 spiro atoms. The van der Waals surface area contributed by atoms with Crippen molar-refractivity contribution in [2.24, 2.45) is 0 Å². The summed E-state index contributed by atoms with van der Waals surface area (Å²) in [7, 11) is 0. The van der Waals surface area contributed by atoms with Gasteiger partial charge in [0, 0.05) is 31.9 Å². The third kappa shape index (κ3) is 5.55. The Morgan fingerprint density at radius 3 is 2.16 bits per heavy atom. The Balaban J connectivity index is 1.24. The van der Waals surface area contributed by atoms with Crippen molar-refractivity contribution in [3.63, 3.8) is 0 Å². The number of hydrogen-bond donors (Lipinski definition) is 2. The minimum atomic E-state index is -0.0387. The van der Waals surface area contributed by atoms with Crippen LogP contribution in [0.15, 0.2) is 72.8 Å². The maximum Gasteiger partial charge on any atom is 0.238 e. The average Bonchev–Trinajstić information content (AvgIpc) is 2.78. The number of ether oxygens (including phenoxy) is 1. The Kier molecular flexibility index (Phi) is 6.38. The Morgan fingerprint density at radius 1 is 0.903 bits per heavy atom. The van der Waals surface area contributed by atoms with E-state index < -0.39 is 0 Å². The number of amides is 1. The van der Waals surface area contributed by atoms with E-state index in [4.69, 9.17) is 4.74 Å². The van der Waals surface area contributed by atoms with Crippen LogP contribution in [0.4, 0.5) is 11.4 Å². The van der Waals surface area contributed by atoms with Gasteiger partial charge in [0.05, 0.1) is 12.2 Å². The molecule has 1 saturated heterocycles. The number of nitrogens with one attached hydrogen (secondary N) is 1. The molecule has 1 aliphatic heterocycles. The zero-order valence-electron chi connectivity index (χ0n) is 17.6. The highest BCUT2D eigenvalue weighted by atomic mass is 16.5. The molecule has 31 heavy (non-hydrogen) atoms. The van der Waals surface area contributed by atoms with Crippen molar-refractivity contribution >= 4 is 17.3 Å². The van der Waals surface area contributed by atoms with E-state index in [1.54, 1.807) is 6.07 Å². The second kappa shape index (κ2) is 9.53. The van der Waals surface area contributed by atoms with Gasteiger partial charge < -0.3 is 20.1 Å². The van der Waals surface area contributed by atoms with Crippen molar-refractivity contribution in [1.29, 1.82) is 0 Å². The number of phenolic OH excluding ortho intramolecular Hbond substituents is 1. The summed E-state index contributed by atoms with van der Waals surface area (Å²) in [6.07, 6.45) is 0. The van der Waals surface area contributed by atoms with Crippen LogP contribution in [0.3, 0.4) is 0 Å². The van der Waals surface area contributed by atoms with E-state index in [1.165, 1.54) is 5.56 Å². The first-order chi connectivity index (χ1) is 15.1. The number of aryl methyl sites for hydroxylation is 1. The molecule has 4 rings (SSSR count). The lowest BCUT2D eigenvalue weighted by molar-refractivity contribution is -0.117. The molecule has 3 aromatic rings. The first-order valence-electron chi connectivity index (χ1n) is 10.5. The van der Waals surface area contributed by atoms with Crippen LogP contribution in [-0.2, 0) is 4.79 Å². The summed E-state index contributed by atoms with van der Waals surface area (Å²) in [5.41, 5.74) is 2.78. The normalized spacial score (nSPS) is 14.3. The number of hydrogen-bond acceptors (Lipinski definition) is 5. The Morgan fingerprint density at radius 2 is 1.52 bits per heavy atom. The van der Waals surface area contributed by atoms with Gasteiger partial charge in [0.1, 0.15) is 17.2 Å². The van der Waals surface area contributed by atoms with Crippen molar-refractivity contribution in [3.05, 3.63) is 78.4 Å². The molecule has 0 bridgehead atoms. The Labute approximate surface area is 182 Å². The molecule has 0 aromatic heterocycles. The number of carbonyl (C=O) groups is 1. The van der Waals surface area contributed by atoms with Crippen LogP contribution in [0.2, 0.25) is 0 Å². The second-order valence-corrected chi connectivity index (χ2v) is 7.74. The van der Waals surface area contributed by atoms with E-state index in [0.717, 1.165) is 49.1 Å². The van der Waals surface area contributed by atoms with Gasteiger partial charge in [0.2, 0.25) is 5.91 Å². The quantitative estimate of drug-likeness (QED) is 0.628. The van der Waals surface area contributed by atoms with Crippen LogP contribution in [0.5, 0.6) is 17.2 Å². The number of aromatic hydroxyl groups is 1. The van der Waals surface area contributed by atoms with Gasteiger partial charge in [-0.2, -0.15) is 0 Å². The Hall–Kier alpha value is -3.51. The first-order valence-corrected chi connectivity index (χ1v) is 10.5. The van der Waals surface area contributed by atoms with Crippen molar-refractivity contribution in [1.82, 2.24) is 4.90 Å². The molecule has 0 unspecified atom stereocenters. The van der Waals surface area contributed by atoms with Gasteiger partial charge in [-0.1, -0.05) is 29.8 Å². The molecule has 0 atom stereocenters. The first kappa shape index (κ1) is 20.8. The van der Waals surface area contributed by atoms with E-state index in [1.807, 2.05) is 73.7 Å². The number of carbonyl (C=O) groups excluding carboxylic acids is 1. The Bertz CT molecular complexity index is 1010. The third-order valence-corrected chi connectivity index (χ3v) is 5.36. The molecule has 1 aliphatic rings. The molecule has 0 saturated carbocycles. The number of piperazine rings is 1. The number of anilines is 2. The van der Waals surface area contributed by atoms with Crippen LogP contribution in [0.25, 0.3) is 0 Å². The molecule has 2 N–H and O–H groups in total. The topological polar surface area (TPSA) is 65.0 Å². The third-order valence-electron chi connectivity index (χ3n) is 5.36. The fourth-order valence-corrected chi connectivity index (χ4v) is 3.63. The number of phenols is 1. The van der Waals surface area contributed by atoms with E-state index in [2.05, 4.69) is 15.1 Å². The van der Waals surface area contributed by atoms with Gasteiger partial charge in [0.15, 0.2) is 0 Å². The van der Waals surface area contributed by atoms with Gasteiger partial charge in [-0.05, 0) is 55.5 Å². The molecular weight excluding hydrogens is 390 g/mol. The highest BCUT2D eigenvalue weighted by molar-refractivity contribution is 5.92. The van der Waals surface area contributed by atoms with E-state index in [-0.39, 0.29) is 5.91 Å². The lowest BCUT2D eigenvalue weighted by Crippen LogP contribution is -2.48. The summed E-state index contributed by atoms with van der Waals surface area (Å²) < 4.78 is 5.83. The van der Waals surface area contributed by atoms with Crippen LogP contribution in [0.1, 0.15) is 5.56 Å². The van der Waals surface area contributed by atoms with E-state index in [9.17, 15) is 9.90 Å². The van der Waals surface area contributed by atoms with Crippen LogP contribution in [-0.4, -0.2) is 48.6 Å². The molecule has 0 aliphatic carbocycles. The predicted molar refractivity (Wildman–Crippen MR) is 123 cm³/mol. The molecule has 160 valence electrons. The molecule has 1 fully saturated rings. The highest BCUT2D eigenvalue weighted by Gasteiger charge is 2.20. The number of para-hydroxylation sites is 2. The minimum Gasteiger partial charge on any atom is -0.506 e. The molecule has 1 heterocycles. The summed E-state index contributed by atoms with van der Waals surface area (Å²) in [6.45, 7) is 5.47. The van der Waals surface area contributed by atoms with E-state index >= 15 is 0 Å². The summed E-state index contributed by atoms with van der Waals surface area (Å²) >= 11 is 0. The number of benzene rings is 3. The van der Waals surface area contributed by atoms with Gasteiger partial charge >= 0.3 is 0 Å². The monoisotopic (exact) mass is 417 g/mol. The van der Waals surface area contributed by atoms with Crippen LogP contribution >= 0.6 is 0 Å². The molecule has 0 radical (unpaired) electrons. The maximum absolute atomic E-state index is 12.5. The highest BCUT2D eigenvalue weighted by Crippen LogP contribution is 2.27. The SMILES string of the molecule is Cc1ccc(Oc2ccc(NC(=O)CN3CCN(c4ccccc4O)CC3)cc2)cc1. The summed E-state index contributed by atoms with van der Waals surface area (Å²) in [4.78, 5) is 16.7. The van der Waals surface area contributed by atoms with Gasteiger partial charge in [-0.3, -0.25) is 9.69 Å². The smallest absolute Gasteiger partial charge is 0.238 e. The zero-order valence-corrected chi connectivity index (χ0v) is 17.6. The molecule has 6 heteroatoms. The molecule has 6 nitrogen and oxygen atoms in total. The van der Waals surface area contributed by atoms with Crippen LogP contribution < -0.4 is 15.0 Å².